The quantitative estimate of drug-likeness (QED) is 0.294. The summed E-state index contributed by atoms with van der Waals surface area (Å²) in [5.41, 5.74) is 6.47. The molecule has 0 saturated carbocycles. The molecule has 0 nitrogen and oxygen atoms in total. The lowest BCUT2D eigenvalue weighted by Gasteiger charge is -2.37. The average molecular weight is 519 g/mol. The van der Waals surface area contributed by atoms with Gasteiger partial charge in [0.15, 0.2) is 0 Å². The van der Waals surface area contributed by atoms with Gasteiger partial charge in [0.1, 0.15) is 0 Å². The van der Waals surface area contributed by atoms with E-state index in [0.717, 1.165) is 24.7 Å². The molecule has 0 fully saturated rings. The SMILES string of the molecule is C=CCC1=CCC(C2CCCC(CC=CC)C(C3C=CC(C4C=CC=CC4)=CC3)CCC3=C2C=CCC3)C=C1. The molecule has 0 amide bonds. The van der Waals surface area contributed by atoms with Crippen LogP contribution in [0, 0.1) is 35.5 Å². The molecule has 6 atom stereocenters. The van der Waals surface area contributed by atoms with Crippen molar-refractivity contribution in [3.63, 3.8) is 0 Å². The third-order valence-electron chi connectivity index (χ3n) is 10.1. The van der Waals surface area contributed by atoms with Crippen LogP contribution in [-0.2, 0) is 0 Å². The molecule has 0 bridgehead atoms. The summed E-state index contributed by atoms with van der Waals surface area (Å²) in [7, 11) is 0. The van der Waals surface area contributed by atoms with E-state index in [2.05, 4.69) is 98.6 Å². The van der Waals surface area contributed by atoms with Crippen molar-refractivity contribution in [3.05, 3.63) is 120 Å². The fourth-order valence-electron chi connectivity index (χ4n) is 7.91. The van der Waals surface area contributed by atoms with Gasteiger partial charge in [-0.05, 0) is 124 Å². The molecule has 0 aromatic heterocycles. The van der Waals surface area contributed by atoms with Crippen LogP contribution < -0.4 is 0 Å². The van der Waals surface area contributed by atoms with Gasteiger partial charge in [0.05, 0.1) is 0 Å². The topological polar surface area (TPSA) is 0 Å². The largest absolute Gasteiger partial charge is 0.103 e. The smallest absolute Gasteiger partial charge is 0.00524 e. The molecule has 6 unspecified atom stereocenters. The van der Waals surface area contributed by atoms with Gasteiger partial charge in [-0.25, -0.2) is 0 Å². The monoisotopic (exact) mass is 518 g/mol. The molecule has 39 heavy (non-hydrogen) atoms. The molecule has 0 heterocycles. The molecule has 5 aliphatic rings. The van der Waals surface area contributed by atoms with Crippen molar-refractivity contribution in [2.45, 2.75) is 84.0 Å². The summed E-state index contributed by atoms with van der Waals surface area (Å²) in [6, 6.07) is 0. The molecule has 0 radical (unpaired) electrons. The van der Waals surface area contributed by atoms with E-state index in [1.54, 1.807) is 11.1 Å². The van der Waals surface area contributed by atoms with Crippen molar-refractivity contribution < 1.29 is 0 Å². The van der Waals surface area contributed by atoms with Gasteiger partial charge in [-0.2, -0.15) is 0 Å². The standard InChI is InChI=1S/C39H50/c1-3-5-13-33-17-11-19-39(36-22-20-30(12-4-2)21-23-36)38-18-10-9-16-34(38)28-29-37(33)35-26-24-32(25-27-35)31-14-7-6-8-15-31/h3-8,10,14,18,20-22,24-26,31,33,35-37,39H,2,9,11-13,15-17,19,23,27-29H2,1H3. The second-order valence-corrected chi connectivity index (χ2v) is 12.5. The highest BCUT2D eigenvalue weighted by molar-refractivity contribution is 5.36. The van der Waals surface area contributed by atoms with E-state index in [0.29, 0.717) is 23.7 Å². The van der Waals surface area contributed by atoms with E-state index in [1.807, 2.05) is 6.08 Å². The Hall–Kier alpha value is -2.60. The van der Waals surface area contributed by atoms with Gasteiger partial charge in [0.25, 0.3) is 0 Å². The minimum Gasteiger partial charge on any atom is -0.103 e. The van der Waals surface area contributed by atoms with E-state index in [4.69, 9.17) is 0 Å². The van der Waals surface area contributed by atoms with Crippen molar-refractivity contribution in [3.8, 4) is 0 Å². The van der Waals surface area contributed by atoms with Gasteiger partial charge in [0.2, 0.25) is 0 Å². The Kier molecular flexibility index (Phi) is 10.1. The zero-order valence-electron chi connectivity index (χ0n) is 24.3. The van der Waals surface area contributed by atoms with Crippen LogP contribution in [0.4, 0.5) is 0 Å². The van der Waals surface area contributed by atoms with Crippen LogP contribution in [0.25, 0.3) is 0 Å². The Bertz CT molecular complexity index is 1120. The van der Waals surface area contributed by atoms with Crippen LogP contribution in [0.15, 0.2) is 120 Å². The fourth-order valence-corrected chi connectivity index (χ4v) is 7.91. The van der Waals surface area contributed by atoms with E-state index in [9.17, 15) is 0 Å². The fraction of sp³-hybridized carbons (Fsp3) is 0.487. The normalized spacial score (nSPS) is 33.2. The molecular formula is C39H50. The molecule has 0 N–H and O–H groups in total. The van der Waals surface area contributed by atoms with Gasteiger partial charge < -0.3 is 0 Å². The summed E-state index contributed by atoms with van der Waals surface area (Å²) in [6.45, 7) is 6.14. The summed E-state index contributed by atoms with van der Waals surface area (Å²) >= 11 is 0. The number of hydrogen-bond donors (Lipinski definition) is 0. The molecule has 5 rings (SSSR count). The number of rotatable bonds is 7. The lowest BCUT2D eigenvalue weighted by molar-refractivity contribution is 0.218. The maximum atomic E-state index is 3.94. The Morgan fingerprint density at radius 2 is 1.77 bits per heavy atom. The van der Waals surface area contributed by atoms with Gasteiger partial charge in [0, 0.05) is 5.92 Å². The third kappa shape index (κ3) is 7.13. The predicted molar refractivity (Wildman–Crippen MR) is 170 cm³/mol. The first-order valence-electron chi connectivity index (χ1n) is 16.0. The minimum absolute atomic E-state index is 0.574. The highest BCUT2D eigenvalue weighted by Gasteiger charge is 2.32. The third-order valence-corrected chi connectivity index (χ3v) is 10.1. The van der Waals surface area contributed by atoms with Crippen LogP contribution in [0.2, 0.25) is 0 Å². The van der Waals surface area contributed by atoms with E-state index in [1.165, 1.54) is 75.4 Å². The average Bonchev–Trinajstić information content (AvgIpc) is 2.99. The lowest BCUT2D eigenvalue weighted by atomic mass is 9.68. The van der Waals surface area contributed by atoms with Gasteiger partial charge in [-0.3, -0.25) is 0 Å². The minimum atomic E-state index is 0.574. The molecule has 0 heteroatoms. The number of allylic oxidation sites excluding steroid dienone is 19. The van der Waals surface area contributed by atoms with Crippen molar-refractivity contribution in [1.82, 2.24) is 0 Å². The van der Waals surface area contributed by atoms with Crippen LogP contribution in [0.5, 0.6) is 0 Å². The summed E-state index contributed by atoms with van der Waals surface area (Å²) in [6.07, 6.45) is 50.9. The lowest BCUT2D eigenvalue weighted by Crippen LogP contribution is -2.26. The molecule has 0 saturated heterocycles. The first kappa shape index (κ1) is 27.9. The van der Waals surface area contributed by atoms with Crippen molar-refractivity contribution in [2.24, 2.45) is 35.5 Å². The predicted octanol–water partition coefficient (Wildman–Crippen LogP) is 11.1. The summed E-state index contributed by atoms with van der Waals surface area (Å²) in [5.74, 6) is 4.12. The van der Waals surface area contributed by atoms with Crippen molar-refractivity contribution in [1.29, 1.82) is 0 Å². The molecule has 5 aliphatic carbocycles. The van der Waals surface area contributed by atoms with Crippen LogP contribution in [0.1, 0.15) is 84.0 Å². The zero-order valence-corrected chi connectivity index (χ0v) is 24.3. The second kappa shape index (κ2) is 14.2. The van der Waals surface area contributed by atoms with Crippen LogP contribution >= 0.6 is 0 Å². The Morgan fingerprint density at radius 3 is 2.51 bits per heavy atom. The molecule has 206 valence electrons. The van der Waals surface area contributed by atoms with Gasteiger partial charge in [-0.1, -0.05) is 103 Å². The maximum Gasteiger partial charge on any atom is 0.00524 e. The van der Waals surface area contributed by atoms with E-state index in [-0.39, 0.29) is 0 Å². The zero-order chi connectivity index (χ0) is 26.9. The maximum absolute atomic E-state index is 3.94. The highest BCUT2D eigenvalue weighted by Crippen LogP contribution is 2.44. The van der Waals surface area contributed by atoms with E-state index >= 15 is 0 Å². The number of hydrogen-bond acceptors (Lipinski definition) is 0. The Morgan fingerprint density at radius 1 is 0.872 bits per heavy atom. The van der Waals surface area contributed by atoms with Crippen LogP contribution in [-0.4, -0.2) is 0 Å². The summed E-state index contributed by atoms with van der Waals surface area (Å²) in [4.78, 5) is 0. The Labute approximate surface area is 239 Å². The summed E-state index contributed by atoms with van der Waals surface area (Å²) in [5, 5.41) is 0. The van der Waals surface area contributed by atoms with Gasteiger partial charge in [-0.15, -0.1) is 6.58 Å². The highest BCUT2D eigenvalue weighted by atomic mass is 14.4. The molecular weight excluding hydrogens is 468 g/mol. The molecule has 0 aromatic rings. The van der Waals surface area contributed by atoms with Crippen LogP contribution in [0.3, 0.4) is 0 Å². The second-order valence-electron chi connectivity index (χ2n) is 12.5. The molecule has 0 aromatic carbocycles. The first-order chi connectivity index (χ1) is 19.3. The van der Waals surface area contributed by atoms with Gasteiger partial charge >= 0.3 is 0 Å². The van der Waals surface area contributed by atoms with Crippen molar-refractivity contribution in [2.75, 3.05) is 0 Å². The summed E-state index contributed by atoms with van der Waals surface area (Å²) < 4.78 is 0. The Balaban J connectivity index is 1.35. The molecule has 0 spiro atoms. The first-order valence-corrected chi connectivity index (χ1v) is 16.0. The van der Waals surface area contributed by atoms with Crippen molar-refractivity contribution >= 4 is 0 Å². The molecule has 0 aliphatic heterocycles. The van der Waals surface area contributed by atoms with E-state index < -0.39 is 0 Å².